The predicted molar refractivity (Wildman–Crippen MR) is 57.1 cm³/mol. The molecule has 2 rings (SSSR count). The normalized spacial score (nSPS) is 24.3. The van der Waals surface area contributed by atoms with Crippen LogP contribution in [0, 0.1) is 0 Å². The van der Waals surface area contributed by atoms with Crippen molar-refractivity contribution in [3.63, 3.8) is 0 Å². The van der Waals surface area contributed by atoms with Crippen molar-refractivity contribution in [2.45, 2.75) is 25.9 Å². The van der Waals surface area contributed by atoms with Crippen LogP contribution in [0.2, 0.25) is 0 Å². The highest BCUT2D eigenvalue weighted by Gasteiger charge is 2.31. The lowest BCUT2D eigenvalue weighted by Crippen LogP contribution is -2.29. The molecule has 1 aliphatic heterocycles. The lowest BCUT2D eigenvalue weighted by molar-refractivity contribution is 0.0235. The highest BCUT2D eigenvalue weighted by atomic mass is 16.5. The molecular weight excluding hydrogens is 192 g/mol. The molecule has 1 aromatic heterocycles. The summed E-state index contributed by atoms with van der Waals surface area (Å²) in [7, 11) is 1.81. The van der Waals surface area contributed by atoms with Gasteiger partial charge in [-0.3, -0.25) is 0 Å². The van der Waals surface area contributed by atoms with Crippen LogP contribution >= 0.6 is 0 Å². The third kappa shape index (κ3) is 1.56. The maximum absolute atomic E-state index is 11.6. The Balaban J connectivity index is 2.51. The van der Waals surface area contributed by atoms with Gasteiger partial charge in [-0.25, -0.2) is 9.78 Å². The lowest BCUT2D eigenvalue weighted by Gasteiger charge is -2.27. The molecule has 0 radical (unpaired) electrons. The van der Waals surface area contributed by atoms with E-state index in [0.29, 0.717) is 5.56 Å². The van der Waals surface area contributed by atoms with Crippen molar-refractivity contribution in [2.75, 3.05) is 12.4 Å². The number of fused-ring (bicyclic) bond motifs is 1. The minimum Gasteiger partial charge on any atom is -0.458 e. The number of nitrogens with one attached hydrogen (secondary N) is 1. The van der Waals surface area contributed by atoms with Gasteiger partial charge in [-0.05, 0) is 19.1 Å². The number of esters is 1. The molecule has 0 spiro atoms. The monoisotopic (exact) mass is 206 g/mol. The zero-order chi connectivity index (χ0) is 11.0. The van der Waals surface area contributed by atoms with Gasteiger partial charge in [0.2, 0.25) is 0 Å². The predicted octanol–water partition coefficient (Wildman–Crippen LogP) is 1.79. The molecule has 0 aromatic carbocycles. The van der Waals surface area contributed by atoms with Crippen LogP contribution in [0.3, 0.4) is 0 Å². The second kappa shape index (κ2) is 3.53. The number of carbonyl (C=O) groups is 1. The van der Waals surface area contributed by atoms with Crippen LogP contribution in [0.4, 0.5) is 5.82 Å². The van der Waals surface area contributed by atoms with Crippen LogP contribution in [0.1, 0.15) is 35.8 Å². The van der Waals surface area contributed by atoms with Gasteiger partial charge in [0.05, 0.1) is 11.3 Å². The molecule has 0 saturated heterocycles. The fraction of sp³-hybridized carbons (Fsp3) is 0.455. The lowest BCUT2D eigenvalue weighted by atomic mass is 9.94. The Labute approximate surface area is 88.7 Å². The first kappa shape index (κ1) is 9.96. The van der Waals surface area contributed by atoms with Crippen molar-refractivity contribution < 1.29 is 9.53 Å². The number of hydrogen-bond donors (Lipinski definition) is 1. The molecule has 0 bridgehead atoms. The average molecular weight is 206 g/mol. The van der Waals surface area contributed by atoms with Crippen LogP contribution in [0.25, 0.3) is 0 Å². The fourth-order valence-corrected chi connectivity index (χ4v) is 1.69. The van der Waals surface area contributed by atoms with Crippen LogP contribution in [-0.2, 0) is 4.74 Å². The summed E-state index contributed by atoms with van der Waals surface area (Å²) >= 11 is 0. The van der Waals surface area contributed by atoms with E-state index in [4.69, 9.17) is 4.74 Å². The third-order valence-electron chi connectivity index (χ3n) is 2.83. The molecular formula is C11H14N2O2. The average Bonchev–Trinajstić information content (AvgIpc) is 2.25. The summed E-state index contributed by atoms with van der Waals surface area (Å²) in [5.74, 6) is 0.652. The SMILES string of the molecule is CNc1ccc2c(n1)[C@@H](C)[C@H](C)OC2=O. The number of carbonyl (C=O) groups excluding carboxylic acids is 1. The molecule has 0 amide bonds. The summed E-state index contributed by atoms with van der Waals surface area (Å²) in [5, 5.41) is 2.96. The maximum Gasteiger partial charge on any atom is 0.340 e. The van der Waals surface area contributed by atoms with E-state index in [0.717, 1.165) is 11.5 Å². The maximum atomic E-state index is 11.6. The molecule has 1 aliphatic rings. The van der Waals surface area contributed by atoms with E-state index in [1.807, 2.05) is 20.9 Å². The highest BCUT2D eigenvalue weighted by molar-refractivity contribution is 5.92. The molecule has 0 unspecified atom stereocenters. The third-order valence-corrected chi connectivity index (χ3v) is 2.83. The fourth-order valence-electron chi connectivity index (χ4n) is 1.69. The van der Waals surface area contributed by atoms with Crippen LogP contribution < -0.4 is 5.32 Å². The van der Waals surface area contributed by atoms with E-state index in [2.05, 4.69) is 10.3 Å². The molecule has 1 N–H and O–H groups in total. The number of pyridine rings is 1. The quantitative estimate of drug-likeness (QED) is 0.712. The first-order valence-electron chi connectivity index (χ1n) is 5.03. The number of nitrogens with zero attached hydrogens (tertiary/aromatic N) is 1. The molecule has 0 fully saturated rings. The Hall–Kier alpha value is -1.58. The van der Waals surface area contributed by atoms with Crippen molar-refractivity contribution in [2.24, 2.45) is 0 Å². The van der Waals surface area contributed by atoms with Gasteiger partial charge < -0.3 is 10.1 Å². The van der Waals surface area contributed by atoms with E-state index in [-0.39, 0.29) is 18.0 Å². The minimum absolute atomic E-state index is 0.107. The zero-order valence-corrected chi connectivity index (χ0v) is 9.07. The Morgan fingerprint density at radius 2 is 2.13 bits per heavy atom. The van der Waals surface area contributed by atoms with E-state index in [9.17, 15) is 4.79 Å². The summed E-state index contributed by atoms with van der Waals surface area (Å²) < 4.78 is 5.20. The number of aromatic nitrogens is 1. The topological polar surface area (TPSA) is 51.2 Å². The number of rotatable bonds is 1. The van der Waals surface area contributed by atoms with Gasteiger partial charge >= 0.3 is 5.97 Å². The van der Waals surface area contributed by atoms with Crippen molar-refractivity contribution in [1.82, 2.24) is 4.98 Å². The van der Waals surface area contributed by atoms with Crippen molar-refractivity contribution >= 4 is 11.8 Å². The molecule has 2 heterocycles. The van der Waals surface area contributed by atoms with Crippen molar-refractivity contribution in [3.05, 3.63) is 23.4 Å². The number of hydrogen-bond acceptors (Lipinski definition) is 4. The summed E-state index contributed by atoms with van der Waals surface area (Å²) in [5.41, 5.74) is 1.41. The zero-order valence-electron chi connectivity index (χ0n) is 9.07. The smallest absolute Gasteiger partial charge is 0.340 e. The van der Waals surface area contributed by atoms with Gasteiger partial charge in [-0.1, -0.05) is 6.92 Å². The second-order valence-electron chi connectivity index (χ2n) is 3.78. The Bertz CT molecular complexity index is 404. The molecule has 0 aliphatic carbocycles. The summed E-state index contributed by atoms with van der Waals surface area (Å²) in [6.45, 7) is 3.90. The van der Waals surface area contributed by atoms with E-state index in [1.165, 1.54) is 0 Å². The molecule has 4 heteroatoms. The number of anilines is 1. The minimum atomic E-state index is -0.272. The molecule has 4 nitrogen and oxygen atoms in total. The van der Waals surface area contributed by atoms with Crippen molar-refractivity contribution in [1.29, 1.82) is 0 Å². The summed E-state index contributed by atoms with van der Waals surface area (Å²) in [4.78, 5) is 16.0. The van der Waals surface area contributed by atoms with E-state index in [1.54, 1.807) is 12.1 Å². The van der Waals surface area contributed by atoms with Gasteiger partial charge in [0, 0.05) is 13.0 Å². The van der Waals surface area contributed by atoms with E-state index < -0.39 is 0 Å². The Morgan fingerprint density at radius 1 is 1.40 bits per heavy atom. The summed E-state index contributed by atoms with van der Waals surface area (Å²) in [6.07, 6.45) is -0.107. The second-order valence-corrected chi connectivity index (χ2v) is 3.78. The highest BCUT2D eigenvalue weighted by Crippen LogP contribution is 2.30. The first-order valence-corrected chi connectivity index (χ1v) is 5.03. The van der Waals surface area contributed by atoms with E-state index >= 15 is 0 Å². The van der Waals surface area contributed by atoms with Gasteiger partial charge in [0.1, 0.15) is 11.9 Å². The molecule has 80 valence electrons. The van der Waals surface area contributed by atoms with Crippen LogP contribution in [0.5, 0.6) is 0 Å². The van der Waals surface area contributed by atoms with Gasteiger partial charge in [-0.15, -0.1) is 0 Å². The molecule has 1 aromatic rings. The largest absolute Gasteiger partial charge is 0.458 e. The van der Waals surface area contributed by atoms with Crippen LogP contribution in [0.15, 0.2) is 12.1 Å². The number of cyclic esters (lactones) is 1. The van der Waals surface area contributed by atoms with Gasteiger partial charge in [0.15, 0.2) is 0 Å². The summed E-state index contributed by atoms with van der Waals surface area (Å²) in [6, 6.07) is 3.54. The molecule has 15 heavy (non-hydrogen) atoms. The Kier molecular flexibility index (Phi) is 2.34. The molecule has 0 saturated carbocycles. The van der Waals surface area contributed by atoms with Gasteiger partial charge in [-0.2, -0.15) is 0 Å². The Morgan fingerprint density at radius 3 is 2.80 bits per heavy atom. The first-order chi connectivity index (χ1) is 7.13. The van der Waals surface area contributed by atoms with Crippen LogP contribution in [-0.4, -0.2) is 24.1 Å². The molecule has 2 atom stereocenters. The number of ether oxygens (including phenoxy) is 1. The standard InChI is InChI=1S/C11H14N2O2/c1-6-7(2)15-11(14)8-4-5-9(12-3)13-10(6)8/h4-7H,1-3H3,(H,12,13)/t6-,7-/m0/s1. The van der Waals surface area contributed by atoms with Crippen molar-refractivity contribution in [3.8, 4) is 0 Å². The van der Waals surface area contributed by atoms with Gasteiger partial charge in [0.25, 0.3) is 0 Å².